The molecule has 0 saturated carbocycles. The molecule has 0 fully saturated rings. The summed E-state index contributed by atoms with van der Waals surface area (Å²) in [6, 6.07) is 10.9. The number of nitrogens with one attached hydrogen (secondary N) is 4. The van der Waals surface area contributed by atoms with Gasteiger partial charge in [-0.1, -0.05) is 12.1 Å². The summed E-state index contributed by atoms with van der Waals surface area (Å²) in [4.78, 5) is 25.2. The van der Waals surface area contributed by atoms with Gasteiger partial charge in [0.15, 0.2) is 11.8 Å². The van der Waals surface area contributed by atoms with E-state index in [1.807, 2.05) is 52.2 Å². The van der Waals surface area contributed by atoms with E-state index < -0.39 is 0 Å². The van der Waals surface area contributed by atoms with Gasteiger partial charge in [-0.3, -0.25) is 4.79 Å². The average molecular weight is 373 g/mol. The Morgan fingerprint density at radius 2 is 1.78 bits per heavy atom. The van der Waals surface area contributed by atoms with Crippen molar-refractivity contribution in [3.63, 3.8) is 0 Å². The Morgan fingerprint density at radius 3 is 2.33 bits per heavy atom. The Hall–Kier alpha value is -2.80. The maximum Gasteiger partial charge on any atom is 0.315 e. The molecule has 1 aromatic carbocycles. The molecule has 27 heavy (non-hydrogen) atoms. The van der Waals surface area contributed by atoms with Crippen LogP contribution in [0.5, 0.6) is 0 Å². The molecule has 0 aliphatic carbocycles. The summed E-state index contributed by atoms with van der Waals surface area (Å²) in [6.07, 6.45) is 1.64. The van der Waals surface area contributed by atoms with Crippen LogP contribution in [-0.2, 0) is 6.54 Å². The molecule has 0 unspecified atom stereocenters. The van der Waals surface area contributed by atoms with E-state index in [2.05, 4.69) is 16.0 Å². The summed E-state index contributed by atoms with van der Waals surface area (Å²) in [6.45, 7) is 4.70. The minimum absolute atomic E-state index is 0.0480. The highest BCUT2D eigenvalue weighted by molar-refractivity contribution is 5.94. The van der Waals surface area contributed by atoms with Gasteiger partial charge in [0.1, 0.15) is 0 Å². The van der Waals surface area contributed by atoms with E-state index in [1.54, 1.807) is 18.4 Å². The van der Waals surface area contributed by atoms with E-state index in [1.165, 1.54) is 4.90 Å². The van der Waals surface area contributed by atoms with Crippen LogP contribution in [0.3, 0.4) is 0 Å². The first-order chi connectivity index (χ1) is 12.9. The molecule has 2 aromatic rings. The standard InChI is InChI=1S/C20H28N4O3/c1-14(2)23-20(26)22-12-15-7-9-16(10-8-15)19(25)21-13-17(24(3)4)18-6-5-11-27-18/h5-11,14,17H,12-13H2,1-4H3,(H,21,25)(H2,22,23,26)/p+1/t17-/m0/s1. The van der Waals surface area contributed by atoms with E-state index in [0.717, 1.165) is 11.3 Å². The molecule has 0 radical (unpaired) electrons. The van der Waals surface area contributed by atoms with Crippen LogP contribution in [0.4, 0.5) is 4.79 Å². The predicted molar refractivity (Wildman–Crippen MR) is 104 cm³/mol. The number of likely N-dealkylation sites (N-methyl/N-ethyl adjacent to an activating group) is 1. The Labute approximate surface area is 160 Å². The van der Waals surface area contributed by atoms with Gasteiger partial charge in [-0.25, -0.2) is 4.79 Å². The molecule has 1 aromatic heterocycles. The van der Waals surface area contributed by atoms with E-state index in [0.29, 0.717) is 18.7 Å². The molecule has 1 atom stereocenters. The quantitative estimate of drug-likeness (QED) is 0.559. The molecule has 2 rings (SSSR count). The Morgan fingerprint density at radius 1 is 1.07 bits per heavy atom. The summed E-state index contributed by atoms with van der Waals surface area (Å²) in [5, 5.41) is 8.51. The number of hydrogen-bond donors (Lipinski definition) is 4. The van der Waals surface area contributed by atoms with Gasteiger partial charge in [0.05, 0.1) is 26.9 Å². The second-order valence-electron chi connectivity index (χ2n) is 7.03. The number of urea groups is 1. The van der Waals surface area contributed by atoms with Gasteiger partial charge < -0.3 is 25.3 Å². The fourth-order valence-corrected chi connectivity index (χ4v) is 2.65. The van der Waals surface area contributed by atoms with Gasteiger partial charge >= 0.3 is 6.03 Å². The number of furan rings is 1. The van der Waals surface area contributed by atoms with Crippen molar-refractivity contribution in [3.8, 4) is 0 Å². The zero-order valence-corrected chi connectivity index (χ0v) is 16.3. The van der Waals surface area contributed by atoms with Gasteiger partial charge in [0.2, 0.25) is 0 Å². The molecular weight excluding hydrogens is 344 g/mol. The number of quaternary nitrogens is 1. The van der Waals surface area contributed by atoms with E-state index in [-0.39, 0.29) is 24.0 Å². The highest BCUT2D eigenvalue weighted by Crippen LogP contribution is 2.10. The third-order valence-electron chi connectivity index (χ3n) is 4.14. The Kier molecular flexibility index (Phi) is 7.43. The van der Waals surface area contributed by atoms with E-state index in [9.17, 15) is 9.59 Å². The third kappa shape index (κ3) is 6.45. The number of carbonyl (C=O) groups excluding carboxylic acids is 2. The van der Waals surface area contributed by atoms with Crippen molar-refractivity contribution in [1.29, 1.82) is 0 Å². The molecule has 0 saturated heterocycles. The van der Waals surface area contributed by atoms with E-state index in [4.69, 9.17) is 4.42 Å². The summed E-state index contributed by atoms with van der Waals surface area (Å²) < 4.78 is 5.47. The summed E-state index contributed by atoms with van der Waals surface area (Å²) in [5.41, 5.74) is 1.51. The Balaban J connectivity index is 1.87. The molecule has 0 aliphatic heterocycles. The Bertz CT molecular complexity index is 724. The molecule has 0 spiro atoms. The molecular formula is C20H29N4O3+. The largest absolute Gasteiger partial charge is 0.463 e. The highest BCUT2D eigenvalue weighted by Gasteiger charge is 2.21. The first kappa shape index (κ1) is 20.5. The molecule has 7 nitrogen and oxygen atoms in total. The average Bonchev–Trinajstić information content (AvgIpc) is 3.14. The second kappa shape index (κ2) is 9.78. The van der Waals surface area contributed by atoms with Crippen LogP contribution in [0.15, 0.2) is 47.1 Å². The lowest BCUT2D eigenvalue weighted by molar-refractivity contribution is -0.891. The van der Waals surface area contributed by atoms with Crippen LogP contribution >= 0.6 is 0 Å². The molecule has 3 amide bonds. The van der Waals surface area contributed by atoms with Crippen molar-refractivity contribution in [2.75, 3.05) is 20.6 Å². The van der Waals surface area contributed by atoms with Gasteiger partial charge in [-0.05, 0) is 43.7 Å². The first-order valence-corrected chi connectivity index (χ1v) is 9.11. The van der Waals surface area contributed by atoms with Crippen molar-refractivity contribution >= 4 is 11.9 Å². The zero-order chi connectivity index (χ0) is 19.8. The summed E-state index contributed by atoms with van der Waals surface area (Å²) in [7, 11) is 4.05. The number of rotatable bonds is 8. The molecule has 0 bridgehead atoms. The maximum absolute atomic E-state index is 12.4. The fourth-order valence-electron chi connectivity index (χ4n) is 2.65. The molecule has 1 heterocycles. The SMILES string of the molecule is CC(C)NC(=O)NCc1ccc(C(=O)NC[C@@H](c2ccco2)[NH+](C)C)cc1. The molecule has 7 heteroatoms. The van der Waals surface area contributed by atoms with E-state index >= 15 is 0 Å². The van der Waals surface area contributed by atoms with Crippen molar-refractivity contribution in [3.05, 3.63) is 59.5 Å². The molecule has 146 valence electrons. The monoisotopic (exact) mass is 373 g/mol. The number of amides is 3. The van der Waals surface area contributed by atoms with Crippen molar-refractivity contribution in [1.82, 2.24) is 16.0 Å². The third-order valence-corrected chi connectivity index (χ3v) is 4.14. The number of hydrogen-bond acceptors (Lipinski definition) is 3. The first-order valence-electron chi connectivity index (χ1n) is 9.11. The zero-order valence-electron chi connectivity index (χ0n) is 16.3. The second-order valence-corrected chi connectivity index (χ2v) is 7.03. The predicted octanol–water partition coefficient (Wildman–Crippen LogP) is 1.10. The molecule has 0 aliphatic rings. The van der Waals surface area contributed by atoms with Crippen LogP contribution in [0.25, 0.3) is 0 Å². The fraction of sp³-hybridized carbons (Fsp3) is 0.400. The lowest BCUT2D eigenvalue weighted by atomic mass is 10.1. The normalized spacial score (nSPS) is 12.1. The minimum Gasteiger partial charge on any atom is -0.463 e. The van der Waals surface area contributed by atoms with Crippen LogP contribution < -0.4 is 20.9 Å². The van der Waals surface area contributed by atoms with Gasteiger partial charge in [-0.15, -0.1) is 0 Å². The number of benzene rings is 1. The summed E-state index contributed by atoms with van der Waals surface area (Å²) >= 11 is 0. The van der Waals surface area contributed by atoms with Crippen LogP contribution in [0.1, 0.15) is 41.6 Å². The smallest absolute Gasteiger partial charge is 0.315 e. The summed E-state index contributed by atoms with van der Waals surface area (Å²) in [5.74, 6) is 0.710. The topological polar surface area (TPSA) is 87.8 Å². The van der Waals surface area contributed by atoms with Crippen molar-refractivity contribution < 1.29 is 18.9 Å². The molecule has 4 N–H and O–H groups in total. The van der Waals surface area contributed by atoms with Crippen LogP contribution in [0, 0.1) is 0 Å². The lowest BCUT2D eigenvalue weighted by Crippen LogP contribution is -3.07. The van der Waals surface area contributed by atoms with Gasteiger partial charge in [0, 0.05) is 18.2 Å². The van der Waals surface area contributed by atoms with Gasteiger partial charge in [0.25, 0.3) is 5.91 Å². The van der Waals surface area contributed by atoms with Crippen molar-refractivity contribution in [2.24, 2.45) is 0 Å². The lowest BCUT2D eigenvalue weighted by Gasteiger charge is -2.19. The van der Waals surface area contributed by atoms with Gasteiger partial charge in [-0.2, -0.15) is 0 Å². The minimum atomic E-state index is -0.207. The maximum atomic E-state index is 12.4. The van der Waals surface area contributed by atoms with Crippen molar-refractivity contribution in [2.45, 2.75) is 32.5 Å². The van der Waals surface area contributed by atoms with Crippen LogP contribution in [0.2, 0.25) is 0 Å². The van der Waals surface area contributed by atoms with Crippen LogP contribution in [-0.4, -0.2) is 38.6 Å². The highest BCUT2D eigenvalue weighted by atomic mass is 16.3. The number of carbonyl (C=O) groups is 2.